The molecule has 1 aliphatic rings. The van der Waals surface area contributed by atoms with Gasteiger partial charge in [-0.2, -0.15) is 0 Å². The van der Waals surface area contributed by atoms with Gasteiger partial charge in [0.05, 0.1) is 0 Å². The molecule has 0 aromatic rings. The van der Waals surface area contributed by atoms with E-state index in [1.807, 2.05) is 0 Å². The van der Waals surface area contributed by atoms with Crippen molar-refractivity contribution in [2.24, 2.45) is 0 Å². The highest BCUT2D eigenvalue weighted by Crippen LogP contribution is 1.95. The van der Waals surface area contributed by atoms with Crippen molar-refractivity contribution in [1.29, 1.82) is 0 Å². The number of hydrogen-bond acceptors (Lipinski definition) is 0. The molecule has 0 unspecified atom stereocenters. The van der Waals surface area contributed by atoms with Crippen LogP contribution in [0.5, 0.6) is 0 Å². The normalized spacial score (nSPS) is 27.7. The molecule has 1 aliphatic carbocycles. The lowest BCUT2D eigenvalue weighted by atomic mass is 10.3. The molecule has 0 N–H and O–H groups in total. The number of rotatable bonds is 0. The lowest BCUT2D eigenvalue weighted by molar-refractivity contribution is 1.31. The third kappa shape index (κ3) is 5.92. The predicted molar refractivity (Wildman–Crippen MR) is 59.6 cm³/mol. The van der Waals surface area contributed by atoms with E-state index in [-0.39, 0.29) is 0 Å². The maximum Gasteiger partial charge on any atom is -0.0163 e. The van der Waals surface area contributed by atoms with E-state index >= 15 is 0 Å². The van der Waals surface area contributed by atoms with E-state index in [1.54, 1.807) is 0 Å². The van der Waals surface area contributed by atoms with Crippen LogP contribution in [0.2, 0.25) is 0 Å². The van der Waals surface area contributed by atoms with Gasteiger partial charge in [0, 0.05) is 0 Å². The molecule has 0 radical (unpaired) electrons. The van der Waals surface area contributed by atoms with E-state index in [2.05, 4.69) is 60.8 Å². The van der Waals surface area contributed by atoms with Crippen LogP contribution in [0.15, 0.2) is 60.8 Å². The first-order valence-electron chi connectivity index (χ1n) is 4.78. The van der Waals surface area contributed by atoms with Gasteiger partial charge in [-0.3, -0.25) is 0 Å². The van der Waals surface area contributed by atoms with Crippen LogP contribution in [0.3, 0.4) is 0 Å². The minimum absolute atomic E-state index is 1.02. The molecule has 0 aromatic heterocycles. The third-order valence-corrected chi connectivity index (χ3v) is 1.75. The Kier molecular flexibility index (Phi) is 5.54. The lowest BCUT2D eigenvalue weighted by Crippen LogP contribution is -1.59. The summed E-state index contributed by atoms with van der Waals surface area (Å²) in [4.78, 5) is 0. The molecular weight excluding hydrogens is 156 g/mol. The van der Waals surface area contributed by atoms with Gasteiger partial charge in [0.2, 0.25) is 0 Å². The van der Waals surface area contributed by atoms with Gasteiger partial charge in [0.1, 0.15) is 0 Å². The Morgan fingerprint density at radius 2 is 0.692 bits per heavy atom. The summed E-state index contributed by atoms with van der Waals surface area (Å²) in [5.74, 6) is 0. The quantitative estimate of drug-likeness (QED) is 0.485. The molecule has 0 heteroatoms. The lowest BCUT2D eigenvalue weighted by Gasteiger charge is -1.80. The summed E-state index contributed by atoms with van der Waals surface area (Å²) in [6.45, 7) is 0. The average molecular weight is 172 g/mol. The fraction of sp³-hybridized carbons (Fsp3) is 0.231. The SMILES string of the molecule is C1=CC/C=C/C=C/C/C=C\C/C=C\1. The van der Waals surface area contributed by atoms with Crippen LogP contribution in [0.4, 0.5) is 0 Å². The molecular formula is C13H16. The van der Waals surface area contributed by atoms with Crippen molar-refractivity contribution >= 4 is 0 Å². The van der Waals surface area contributed by atoms with E-state index in [4.69, 9.17) is 0 Å². The monoisotopic (exact) mass is 172 g/mol. The van der Waals surface area contributed by atoms with Crippen LogP contribution in [-0.4, -0.2) is 0 Å². The zero-order valence-electron chi connectivity index (χ0n) is 7.89. The van der Waals surface area contributed by atoms with Crippen LogP contribution in [0.1, 0.15) is 19.3 Å². The molecule has 0 spiro atoms. The average Bonchev–Trinajstić information content (AvgIpc) is 2.18. The van der Waals surface area contributed by atoms with Crippen molar-refractivity contribution in [3.63, 3.8) is 0 Å². The maximum absolute atomic E-state index is 2.19. The highest BCUT2D eigenvalue weighted by atomic mass is 13.8. The zero-order valence-corrected chi connectivity index (χ0v) is 7.89. The second-order valence-corrected chi connectivity index (χ2v) is 2.89. The van der Waals surface area contributed by atoms with Crippen molar-refractivity contribution in [1.82, 2.24) is 0 Å². The molecule has 0 heterocycles. The molecule has 0 saturated heterocycles. The Balaban J connectivity index is 2.49. The smallest absolute Gasteiger partial charge is 0.0163 e. The Morgan fingerprint density at radius 3 is 1.08 bits per heavy atom. The topological polar surface area (TPSA) is 0 Å². The summed E-state index contributed by atoms with van der Waals surface area (Å²) in [7, 11) is 0. The van der Waals surface area contributed by atoms with E-state index < -0.39 is 0 Å². The molecule has 0 atom stereocenters. The van der Waals surface area contributed by atoms with Crippen LogP contribution in [-0.2, 0) is 0 Å². The van der Waals surface area contributed by atoms with E-state index in [9.17, 15) is 0 Å². The summed E-state index contributed by atoms with van der Waals surface area (Å²) >= 11 is 0. The first-order chi connectivity index (χ1) is 6.50. The molecule has 0 amide bonds. The van der Waals surface area contributed by atoms with Gasteiger partial charge in [-0.05, 0) is 19.3 Å². The second-order valence-electron chi connectivity index (χ2n) is 2.89. The molecule has 0 bridgehead atoms. The number of allylic oxidation sites excluding steroid dienone is 10. The van der Waals surface area contributed by atoms with Gasteiger partial charge >= 0.3 is 0 Å². The first-order valence-corrected chi connectivity index (χ1v) is 4.78. The highest BCUT2D eigenvalue weighted by molar-refractivity contribution is 5.11. The standard InChI is InChI=1S/C13H16/c1-2-4-6-8-10-12-13-11-9-7-5-3-1/h1-4,7-11,13H,5-6,12H2/b3-1+,4-2+,9-7?,10-8-,13-11-. The Bertz CT molecular complexity index is 223. The molecule has 0 aliphatic heterocycles. The van der Waals surface area contributed by atoms with Crippen LogP contribution in [0, 0.1) is 0 Å². The summed E-state index contributed by atoms with van der Waals surface area (Å²) in [6.07, 6.45) is 24.5. The van der Waals surface area contributed by atoms with Crippen molar-refractivity contribution in [3.8, 4) is 0 Å². The minimum atomic E-state index is 1.02. The summed E-state index contributed by atoms with van der Waals surface area (Å²) in [6, 6.07) is 0. The van der Waals surface area contributed by atoms with Crippen LogP contribution >= 0.6 is 0 Å². The molecule has 0 nitrogen and oxygen atoms in total. The van der Waals surface area contributed by atoms with E-state index in [0.29, 0.717) is 0 Å². The summed E-state index contributed by atoms with van der Waals surface area (Å²) in [5.41, 5.74) is 0. The Morgan fingerprint density at radius 1 is 0.385 bits per heavy atom. The molecule has 0 saturated carbocycles. The predicted octanol–water partition coefficient (Wildman–Crippen LogP) is 3.95. The third-order valence-electron chi connectivity index (χ3n) is 1.75. The Hall–Kier alpha value is -1.30. The van der Waals surface area contributed by atoms with Gasteiger partial charge in [-0.25, -0.2) is 0 Å². The largest absolute Gasteiger partial charge is 0.0844 e. The van der Waals surface area contributed by atoms with E-state index in [0.717, 1.165) is 19.3 Å². The van der Waals surface area contributed by atoms with Crippen molar-refractivity contribution < 1.29 is 0 Å². The fourth-order valence-electron chi connectivity index (χ4n) is 1.06. The van der Waals surface area contributed by atoms with Gasteiger partial charge in [-0.15, -0.1) is 0 Å². The van der Waals surface area contributed by atoms with Crippen molar-refractivity contribution in [2.45, 2.75) is 19.3 Å². The molecule has 1 rings (SSSR count). The van der Waals surface area contributed by atoms with Gasteiger partial charge in [0.15, 0.2) is 0 Å². The van der Waals surface area contributed by atoms with Crippen molar-refractivity contribution in [3.05, 3.63) is 60.8 Å². The summed E-state index contributed by atoms with van der Waals surface area (Å²) < 4.78 is 0. The van der Waals surface area contributed by atoms with Gasteiger partial charge < -0.3 is 0 Å². The fourth-order valence-corrected chi connectivity index (χ4v) is 1.06. The van der Waals surface area contributed by atoms with Gasteiger partial charge in [-0.1, -0.05) is 60.8 Å². The molecule has 0 aromatic carbocycles. The van der Waals surface area contributed by atoms with Crippen LogP contribution < -0.4 is 0 Å². The second kappa shape index (κ2) is 7.35. The molecule has 13 heavy (non-hydrogen) atoms. The highest BCUT2D eigenvalue weighted by Gasteiger charge is 1.74. The Labute approximate surface area is 80.7 Å². The molecule has 68 valence electrons. The molecule has 0 fully saturated rings. The summed E-state index contributed by atoms with van der Waals surface area (Å²) in [5, 5.41) is 0. The van der Waals surface area contributed by atoms with Crippen LogP contribution in [0.25, 0.3) is 0 Å². The van der Waals surface area contributed by atoms with Crippen molar-refractivity contribution in [2.75, 3.05) is 0 Å². The first kappa shape index (κ1) is 9.79. The van der Waals surface area contributed by atoms with E-state index in [1.165, 1.54) is 0 Å². The zero-order chi connectivity index (χ0) is 9.19. The minimum Gasteiger partial charge on any atom is -0.0844 e. The maximum atomic E-state index is 2.19. The number of hydrogen-bond donors (Lipinski definition) is 0. The van der Waals surface area contributed by atoms with Gasteiger partial charge in [0.25, 0.3) is 0 Å².